The van der Waals surface area contributed by atoms with Gasteiger partial charge in [-0.05, 0) is 18.4 Å². The van der Waals surface area contributed by atoms with Gasteiger partial charge in [0.15, 0.2) is 0 Å². The first-order valence-electron chi connectivity index (χ1n) is 7.33. The van der Waals surface area contributed by atoms with Gasteiger partial charge in [-0.15, -0.1) is 10.2 Å². The smallest absolute Gasteiger partial charge is 0.138 e. The van der Waals surface area contributed by atoms with Gasteiger partial charge in [0.2, 0.25) is 0 Å². The van der Waals surface area contributed by atoms with Crippen molar-refractivity contribution in [2.45, 2.75) is 50.5 Å². The Balaban J connectivity index is 1.83. The summed E-state index contributed by atoms with van der Waals surface area (Å²) in [7, 11) is 0. The van der Waals surface area contributed by atoms with Gasteiger partial charge in [-0.2, -0.15) is 0 Å². The molecular weight excluding hydrogens is 266 g/mol. The van der Waals surface area contributed by atoms with Crippen molar-refractivity contribution in [3.8, 4) is 0 Å². The zero-order valence-corrected chi connectivity index (χ0v) is 12.7. The highest BCUT2D eigenvalue weighted by atomic mass is 32.1. The summed E-state index contributed by atoms with van der Waals surface area (Å²) in [6, 6.07) is 9.97. The molecule has 0 amide bonds. The van der Waals surface area contributed by atoms with Crippen LogP contribution in [0.15, 0.2) is 30.3 Å². The van der Waals surface area contributed by atoms with Crippen LogP contribution >= 0.6 is 11.3 Å². The highest BCUT2D eigenvalue weighted by molar-refractivity contribution is 7.11. The molecule has 0 bridgehead atoms. The summed E-state index contributed by atoms with van der Waals surface area (Å²) in [6.07, 6.45) is 6.40. The summed E-state index contributed by atoms with van der Waals surface area (Å²) in [4.78, 5) is 0. The SMILES string of the molecule is CC1(c2nnc(C(N)c3ccccc3)s2)CCCCC1. The quantitative estimate of drug-likeness (QED) is 0.934. The predicted molar refractivity (Wildman–Crippen MR) is 82.8 cm³/mol. The van der Waals surface area contributed by atoms with Gasteiger partial charge in [0, 0.05) is 5.41 Å². The molecule has 0 saturated heterocycles. The Morgan fingerprint density at radius 3 is 2.50 bits per heavy atom. The molecule has 1 heterocycles. The monoisotopic (exact) mass is 287 g/mol. The van der Waals surface area contributed by atoms with E-state index in [9.17, 15) is 0 Å². The van der Waals surface area contributed by atoms with E-state index in [4.69, 9.17) is 5.73 Å². The summed E-state index contributed by atoms with van der Waals surface area (Å²) in [5, 5.41) is 10.9. The molecule has 1 aromatic heterocycles. The van der Waals surface area contributed by atoms with Crippen molar-refractivity contribution in [3.63, 3.8) is 0 Å². The third-order valence-corrected chi connectivity index (χ3v) is 5.65. The molecule has 3 nitrogen and oxygen atoms in total. The summed E-state index contributed by atoms with van der Waals surface area (Å²) in [5.74, 6) is 0. The van der Waals surface area contributed by atoms with Crippen LogP contribution in [0.1, 0.15) is 60.6 Å². The van der Waals surface area contributed by atoms with Crippen LogP contribution in [0.25, 0.3) is 0 Å². The molecule has 3 rings (SSSR count). The van der Waals surface area contributed by atoms with Crippen molar-refractivity contribution >= 4 is 11.3 Å². The van der Waals surface area contributed by atoms with Crippen LogP contribution in [0.5, 0.6) is 0 Å². The van der Waals surface area contributed by atoms with E-state index in [1.54, 1.807) is 11.3 Å². The average molecular weight is 287 g/mol. The van der Waals surface area contributed by atoms with Crippen LogP contribution in [0.3, 0.4) is 0 Å². The molecule has 20 heavy (non-hydrogen) atoms. The maximum absolute atomic E-state index is 6.31. The number of benzene rings is 1. The minimum Gasteiger partial charge on any atom is -0.318 e. The van der Waals surface area contributed by atoms with Gasteiger partial charge in [0.25, 0.3) is 0 Å². The molecule has 1 unspecified atom stereocenters. The van der Waals surface area contributed by atoms with E-state index >= 15 is 0 Å². The van der Waals surface area contributed by atoms with Gasteiger partial charge in [-0.3, -0.25) is 0 Å². The molecule has 2 aromatic rings. The standard InChI is InChI=1S/C16H21N3S/c1-16(10-6-3-7-11-16)15-19-18-14(20-15)13(17)12-8-4-2-5-9-12/h2,4-5,8-9,13H,3,6-7,10-11,17H2,1H3. The lowest BCUT2D eigenvalue weighted by Gasteiger charge is -2.30. The van der Waals surface area contributed by atoms with E-state index in [-0.39, 0.29) is 11.5 Å². The Hall–Kier alpha value is -1.26. The lowest BCUT2D eigenvalue weighted by Crippen LogP contribution is -2.24. The zero-order valence-electron chi connectivity index (χ0n) is 11.9. The van der Waals surface area contributed by atoms with Gasteiger partial charge >= 0.3 is 0 Å². The fourth-order valence-corrected chi connectivity index (χ4v) is 4.03. The normalized spacial score (nSPS) is 19.7. The van der Waals surface area contributed by atoms with Gasteiger partial charge in [0.05, 0.1) is 6.04 Å². The second kappa shape index (κ2) is 5.62. The highest BCUT2D eigenvalue weighted by Crippen LogP contribution is 2.40. The van der Waals surface area contributed by atoms with Crippen molar-refractivity contribution in [1.82, 2.24) is 10.2 Å². The van der Waals surface area contributed by atoms with Crippen molar-refractivity contribution in [1.29, 1.82) is 0 Å². The van der Waals surface area contributed by atoms with Crippen LogP contribution in [0.4, 0.5) is 0 Å². The molecule has 4 heteroatoms. The predicted octanol–water partition coefficient (Wildman–Crippen LogP) is 3.81. The Morgan fingerprint density at radius 2 is 1.80 bits per heavy atom. The first-order valence-corrected chi connectivity index (χ1v) is 8.15. The summed E-state index contributed by atoms with van der Waals surface area (Å²) < 4.78 is 0. The molecule has 0 radical (unpaired) electrons. The van der Waals surface area contributed by atoms with Crippen LogP contribution in [0, 0.1) is 0 Å². The fourth-order valence-electron chi connectivity index (χ4n) is 2.95. The minimum absolute atomic E-state index is 0.158. The second-order valence-corrected chi connectivity index (χ2v) is 6.96. The maximum Gasteiger partial charge on any atom is 0.138 e. The van der Waals surface area contributed by atoms with Crippen molar-refractivity contribution in [3.05, 3.63) is 45.9 Å². The first-order chi connectivity index (χ1) is 9.69. The molecule has 0 spiro atoms. The molecule has 2 N–H and O–H groups in total. The molecular formula is C16H21N3S. The van der Waals surface area contributed by atoms with Crippen LogP contribution < -0.4 is 5.73 Å². The lowest BCUT2D eigenvalue weighted by molar-refractivity contribution is 0.317. The third-order valence-electron chi connectivity index (χ3n) is 4.34. The average Bonchev–Trinajstić information content (AvgIpc) is 2.99. The second-order valence-electron chi connectivity index (χ2n) is 5.96. The first kappa shape index (κ1) is 13.7. The van der Waals surface area contributed by atoms with Gasteiger partial charge in [-0.25, -0.2) is 0 Å². The topological polar surface area (TPSA) is 51.8 Å². The Bertz CT molecular complexity index is 558. The molecule has 1 aliphatic rings. The number of hydrogen-bond donors (Lipinski definition) is 1. The number of hydrogen-bond acceptors (Lipinski definition) is 4. The van der Waals surface area contributed by atoms with Gasteiger partial charge in [0.1, 0.15) is 10.0 Å². The number of rotatable bonds is 3. The molecule has 1 fully saturated rings. The lowest BCUT2D eigenvalue weighted by atomic mass is 9.76. The number of aromatic nitrogens is 2. The molecule has 1 aromatic carbocycles. The maximum atomic E-state index is 6.31. The summed E-state index contributed by atoms with van der Waals surface area (Å²) >= 11 is 1.69. The Labute approximate surface area is 124 Å². The van der Waals surface area contributed by atoms with Crippen molar-refractivity contribution < 1.29 is 0 Å². The van der Waals surface area contributed by atoms with E-state index in [1.165, 1.54) is 37.1 Å². The highest BCUT2D eigenvalue weighted by Gasteiger charge is 2.33. The van der Waals surface area contributed by atoms with Crippen LogP contribution in [0.2, 0.25) is 0 Å². The fraction of sp³-hybridized carbons (Fsp3) is 0.500. The summed E-state index contributed by atoms with van der Waals surface area (Å²) in [5.41, 5.74) is 7.62. The number of nitrogens with two attached hydrogens (primary N) is 1. The minimum atomic E-state index is -0.158. The molecule has 1 atom stereocenters. The van der Waals surface area contributed by atoms with Crippen molar-refractivity contribution in [2.24, 2.45) is 5.73 Å². The molecule has 1 aliphatic carbocycles. The third kappa shape index (κ3) is 2.63. The van der Waals surface area contributed by atoms with Gasteiger partial charge < -0.3 is 5.73 Å². The van der Waals surface area contributed by atoms with E-state index in [2.05, 4.69) is 17.1 Å². The van der Waals surface area contributed by atoms with E-state index in [0.717, 1.165) is 10.6 Å². The van der Waals surface area contributed by atoms with Crippen molar-refractivity contribution in [2.75, 3.05) is 0 Å². The molecule has 1 saturated carbocycles. The number of nitrogens with zero attached hydrogens (tertiary/aromatic N) is 2. The molecule has 106 valence electrons. The van der Waals surface area contributed by atoms with E-state index < -0.39 is 0 Å². The summed E-state index contributed by atoms with van der Waals surface area (Å²) in [6.45, 7) is 2.32. The largest absolute Gasteiger partial charge is 0.318 e. The Morgan fingerprint density at radius 1 is 1.10 bits per heavy atom. The van der Waals surface area contributed by atoms with Gasteiger partial charge in [-0.1, -0.05) is 67.9 Å². The van der Waals surface area contributed by atoms with Crippen LogP contribution in [-0.2, 0) is 5.41 Å². The zero-order chi connectivity index (χ0) is 14.0. The van der Waals surface area contributed by atoms with E-state index in [1.807, 2.05) is 30.3 Å². The van der Waals surface area contributed by atoms with Crippen LogP contribution in [-0.4, -0.2) is 10.2 Å². The molecule has 0 aliphatic heterocycles. The Kier molecular flexibility index (Phi) is 3.85. The van der Waals surface area contributed by atoms with E-state index in [0.29, 0.717) is 0 Å².